The van der Waals surface area contributed by atoms with E-state index in [9.17, 15) is 14.6 Å². The van der Waals surface area contributed by atoms with Gasteiger partial charge in [0, 0.05) is 19.1 Å². The van der Waals surface area contributed by atoms with Crippen LogP contribution >= 0.6 is 11.6 Å². The standard InChI is InChI=1S/C12H13BClNO6/c1-15(2)12(18)20-6-3-7-11(8(14)4-6)9(5-10(16)17)21-13(7)19/h3-4,9,19H,5H2,1-2H3,(H,16,17). The summed E-state index contributed by atoms with van der Waals surface area (Å²) in [6.07, 6.45) is -1.75. The molecule has 1 aliphatic rings. The Balaban J connectivity index is 2.33. The number of carboxylic acids is 1. The predicted octanol–water partition coefficient (Wildman–Crippen LogP) is 0.634. The van der Waals surface area contributed by atoms with Crippen LogP contribution in [0.3, 0.4) is 0 Å². The van der Waals surface area contributed by atoms with Crippen molar-refractivity contribution in [2.24, 2.45) is 0 Å². The van der Waals surface area contributed by atoms with E-state index in [0.717, 1.165) is 0 Å². The molecule has 2 rings (SSSR count). The molecule has 0 bridgehead atoms. The molecule has 0 aliphatic carbocycles. The van der Waals surface area contributed by atoms with Crippen molar-refractivity contribution in [2.45, 2.75) is 12.5 Å². The van der Waals surface area contributed by atoms with Crippen molar-refractivity contribution < 1.29 is 29.1 Å². The number of carbonyl (C=O) groups is 2. The van der Waals surface area contributed by atoms with Gasteiger partial charge in [0.05, 0.1) is 12.5 Å². The van der Waals surface area contributed by atoms with Gasteiger partial charge in [-0.1, -0.05) is 11.6 Å². The number of nitrogens with zero attached hydrogens (tertiary/aromatic N) is 1. The molecule has 1 unspecified atom stereocenters. The van der Waals surface area contributed by atoms with Gasteiger partial charge in [0.25, 0.3) is 0 Å². The van der Waals surface area contributed by atoms with Gasteiger partial charge in [0.1, 0.15) is 5.75 Å². The number of carboxylic acid groups (broad SMARTS) is 1. The number of hydrogen-bond donors (Lipinski definition) is 2. The summed E-state index contributed by atoms with van der Waals surface area (Å²) in [4.78, 5) is 23.5. The third-order valence-electron chi connectivity index (χ3n) is 2.95. The van der Waals surface area contributed by atoms with E-state index >= 15 is 0 Å². The Morgan fingerprint density at radius 2 is 2.14 bits per heavy atom. The lowest BCUT2D eigenvalue weighted by atomic mass is 9.79. The lowest BCUT2D eigenvalue weighted by molar-refractivity contribution is -0.138. The van der Waals surface area contributed by atoms with Gasteiger partial charge in [-0.25, -0.2) is 4.79 Å². The lowest BCUT2D eigenvalue weighted by Gasteiger charge is -2.13. The van der Waals surface area contributed by atoms with Crippen LogP contribution in [0.15, 0.2) is 12.1 Å². The number of halogens is 1. The Labute approximate surface area is 126 Å². The maximum atomic E-state index is 11.5. The molecule has 1 aliphatic heterocycles. The second-order valence-corrected chi connectivity index (χ2v) is 5.15. The average Bonchev–Trinajstić information content (AvgIpc) is 2.65. The molecular formula is C12H13BClNO6. The largest absolute Gasteiger partial charge is 0.492 e. The zero-order chi connectivity index (χ0) is 15.7. The zero-order valence-corrected chi connectivity index (χ0v) is 12.1. The van der Waals surface area contributed by atoms with Crippen LogP contribution in [0.4, 0.5) is 4.79 Å². The topological polar surface area (TPSA) is 96.3 Å². The summed E-state index contributed by atoms with van der Waals surface area (Å²) >= 11 is 6.09. The maximum absolute atomic E-state index is 11.5. The van der Waals surface area contributed by atoms with Crippen molar-refractivity contribution in [1.82, 2.24) is 4.90 Å². The van der Waals surface area contributed by atoms with E-state index in [-0.39, 0.29) is 17.2 Å². The molecule has 1 atom stereocenters. The van der Waals surface area contributed by atoms with Gasteiger partial charge in [-0.3, -0.25) is 4.79 Å². The third-order valence-corrected chi connectivity index (χ3v) is 3.26. The quantitative estimate of drug-likeness (QED) is 0.795. The van der Waals surface area contributed by atoms with E-state index < -0.39 is 25.3 Å². The van der Waals surface area contributed by atoms with E-state index in [1.54, 1.807) is 0 Å². The average molecular weight is 314 g/mol. The van der Waals surface area contributed by atoms with Crippen LogP contribution in [0.25, 0.3) is 0 Å². The highest BCUT2D eigenvalue weighted by atomic mass is 35.5. The van der Waals surface area contributed by atoms with Crippen LogP contribution in [0.1, 0.15) is 18.1 Å². The van der Waals surface area contributed by atoms with Crippen molar-refractivity contribution in [1.29, 1.82) is 0 Å². The molecule has 1 aromatic rings. The van der Waals surface area contributed by atoms with Gasteiger partial charge >= 0.3 is 19.2 Å². The normalized spacial score (nSPS) is 16.6. The van der Waals surface area contributed by atoms with Crippen LogP contribution in [-0.2, 0) is 9.45 Å². The molecule has 1 aromatic carbocycles. The molecule has 1 amide bonds. The van der Waals surface area contributed by atoms with Gasteiger partial charge in [0.15, 0.2) is 0 Å². The smallest absolute Gasteiger partial charge is 0.481 e. The predicted molar refractivity (Wildman–Crippen MR) is 74.8 cm³/mol. The number of aliphatic carboxylic acids is 1. The zero-order valence-electron chi connectivity index (χ0n) is 11.4. The molecule has 1 heterocycles. The fraction of sp³-hybridized carbons (Fsp3) is 0.333. The van der Waals surface area contributed by atoms with Crippen LogP contribution in [0, 0.1) is 0 Å². The minimum Gasteiger partial charge on any atom is -0.481 e. The summed E-state index contributed by atoms with van der Waals surface area (Å²) in [5, 5.41) is 18.8. The molecule has 0 radical (unpaired) electrons. The molecule has 112 valence electrons. The first kappa shape index (κ1) is 15.6. The van der Waals surface area contributed by atoms with Crippen molar-refractivity contribution in [2.75, 3.05) is 14.1 Å². The van der Waals surface area contributed by atoms with Crippen LogP contribution < -0.4 is 10.2 Å². The summed E-state index contributed by atoms with van der Waals surface area (Å²) in [6.45, 7) is 0. The first-order valence-corrected chi connectivity index (χ1v) is 6.45. The first-order chi connectivity index (χ1) is 9.79. The molecule has 0 saturated carbocycles. The number of benzene rings is 1. The highest BCUT2D eigenvalue weighted by Gasteiger charge is 2.38. The van der Waals surface area contributed by atoms with E-state index in [1.165, 1.54) is 31.1 Å². The number of rotatable bonds is 3. The first-order valence-electron chi connectivity index (χ1n) is 6.07. The second kappa shape index (κ2) is 5.93. The van der Waals surface area contributed by atoms with Crippen LogP contribution in [0.2, 0.25) is 5.02 Å². The number of ether oxygens (including phenoxy) is 1. The molecule has 0 aromatic heterocycles. The SMILES string of the molecule is CN(C)C(=O)Oc1cc(Cl)c2c(c1)B(O)OC2CC(=O)O. The molecule has 2 N–H and O–H groups in total. The van der Waals surface area contributed by atoms with E-state index in [0.29, 0.717) is 11.0 Å². The Hall–Kier alpha value is -1.77. The molecule has 0 fully saturated rings. The Morgan fingerprint density at radius 1 is 1.48 bits per heavy atom. The van der Waals surface area contributed by atoms with Crippen molar-refractivity contribution in [3.63, 3.8) is 0 Å². The molecule has 0 spiro atoms. The molecular weight excluding hydrogens is 300 g/mol. The van der Waals surface area contributed by atoms with Gasteiger partial charge in [-0.2, -0.15) is 0 Å². The summed E-state index contributed by atoms with van der Waals surface area (Å²) in [5.74, 6) is -0.921. The van der Waals surface area contributed by atoms with E-state index in [2.05, 4.69) is 0 Å². The number of fused-ring (bicyclic) bond motifs is 1. The van der Waals surface area contributed by atoms with Crippen LogP contribution in [-0.4, -0.2) is 48.3 Å². The van der Waals surface area contributed by atoms with Crippen molar-refractivity contribution in [3.05, 3.63) is 22.7 Å². The summed E-state index contributed by atoms with van der Waals surface area (Å²) in [5.41, 5.74) is 0.700. The highest BCUT2D eigenvalue weighted by Crippen LogP contribution is 2.34. The van der Waals surface area contributed by atoms with Gasteiger partial charge in [-0.15, -0.1) is 0 Å². The van der Waals surface area contributed by atoms with Crippen LogP contribution in [0.5, 0.6) is 5.75 Å². The monoisotopic (exact) mass is 313 g/mol. The fourth-order valence-electron chi connectivity index (χ4n) is 2.01. The maximum Gasteiger partial charge on any atom is 0.492 e. The van der Waals surface area contributed by atoms with Gasteiger partial charge < -0.3 is 24.4 Å². The summed E-state index contributed by atoms with van der Waals surface area (Å²) < 4.78 is 10.2. The fourth-order valence-corrected chi connectivity index (χ4v) is 2.35. The summed E-state index contributed by atoms with van der Waals surface area (Å²) in [6, 6.07) is 2.80. The highest BCUT2D eigenvalue weighted by molar-refractivity contribution is 6.62. The number of carbonyl (C=O) groups excluding carboxylic acids is 1. The molecule has 7 nitrogen and oxygen atoms in total. The summed E-state index contributed by atoms with van der Waals surface area (Å²) in [7, 11) is 1.75. The Bertz CT molecular complexity index is 593. The number of hydrogen-bond acceptors (Lipinski definition) is 5. The Morgan fingerprint density at radius 3 is 2.71 bits per heavy atom. The molecule has 0 saturated heterocycles. The van der Waals surface area contributed by atoms with E-state index in [1.807, 2.05) is 0 Å². The lowest BCUT2D eigenvalue weighted by Crippen LogP contribution is -2.29. The second-order valence-electron chi connectivity index (χ2n) is 4.75. The number of amides is 1. The van der Waals surface area contributed by atoms with E-state index in [4.69, 9.17) is 26.1 Å². The van der Waals surface area contributed by atoms with Crippen molar-refractivity contribution in [3.8, 4) is 5.75 Å². The molecule has 21 heavy (non-hydrogen) atoms. The molecule has 9 heteroatoms. The van der Waals surface area contributed by atoms with Gasteiger partial charge in [-0.05, 0) is 23.2 Å². The Kier molecular flexibility index (Phi) is 4.41. The minimum atomic E-state index is -1.31. The van der Waals surface area contributed by atoms with Crippen molar-refractivity contribution >= 4 is 36.2 Å². The third kappa shape index (κ3) is 3.29. The minimum absolute atomic E-state index is 0.149. The van der Waals surface area contributed by atoms with Gasteiger partial charge in [0.2, 0.25) is 0 Å².